The number of nitriles is 1. The van der Waals surface area contributed by atoms with Crippen molar-refractivity contribution in [2.75, 3.05) is 11.2 Å². The maximum absolute atomic E-state index is 11.9. The van der Waals surface area contributed by atoms with Gasteiger partial charge in [0.15, 0.2) is 0 Å². The maximum Gasteiger partial charge on any atom is 0.224 e. The number of rotatable bonds is 6. The van der Waals surface area contributed by atoms with Gasteiger partial charge in [-0.15, -0.1) is 11.6 Å². The first kappa shape index (κ1) is 19.6. The second-order valence-corrected chi connectivity index (χ2v) is 6.86. The number of anilines is 1. The Morgan fingerprint density at radius 1 is 1.24 bits per heavy atom. The van der Waals surface area contributed by atoms with Crippen LogP contribution in [0.4, 0.5) is 5.69 Å². The molecule has 1 N–H and O–H groups in total. The minimum Gasteiger partial charge on any atom is -0.326 e. The molecule has 3 nitrogen and oxygen atoms in total. The van der Waals surface area contributed by atoms with E-state index in [-0.39, 0.29) is 5.91 Å². The van der Waals surface area contributed by atoms with Crippen LogP contribution in [0.1, 0.15) is 35.4 Å². The number of hydrogen-bond acceptors (Lipinski definition) is 2. The quantitative estimate of drug-likeness (QED) is 0.618. The van der Waals surface area contributed by atoms with Crippen LogP contribution in [-0.2, 0) is 4.79 Å². The molecule has 2 rings (SSSR count). The largest absolute Gasteiger partial charge is 0.326 e. The van der Waals surface area contributed by atoms with Gasteiger partial charge in [0.2, 0.25) is 5.91 Å². The van der Waals surface area contributed by atoms with Crippen LogP contribution in [-0.4, -0.2) is 11.8 Å². The molecular weight excluding hydrogens is 379 g/mol. The zero-order valence-electron chi connectivity index (χ0n) is 13.7. The highest BCUT2D eigenvalue weighted by atomic mass is 35.5. The van der Waals surface area contributed by atoms with E-state index in [1.807, 2.05) is 25.1 Å². The van der Waals surface area contributed by atoms with E-state index in [4.69, 9.17) is 34.8 Å². The molecule has 0 aliphatic heterocycles. The lowest BCUT2D eigenvalue weighted by Gasteiger charge is -2.16. The molecule has 0 fully saturated rings. The predicted octanol–water partition coefficient (Wildman–Crippen LogP) is 5.91. The highest BCUT2D eigenvalue weighted by Gasteiger charge is 2.19. The third-order valence-electron chi connectivity index (χ3n) is 3.80. The maximum atomic E-state index is 11.9. The first-order chi connectivity index (χ1) is 12.0. The molecule has 0 aromatic heterocycles. The molecule has 130 valence electrons. The molecule has 0 spiro atoms. The third kappa shape index (κ3) is 5.12. The molecule has 1 amide bonds. The Bertz CT molecular complexity index is 798. The number of alkyl halides is 1. The minimum atomic E-state index is -0.510. The lowest BCUT2D eigenvalue weighted by molar-refractivity contribution is -0.116. The lowest BCUT2D eigenvalue weighted by Crippen LogP contribution is -2.13. The van der Waals surface area contributed by atoms with Gasteiger partial charge in [-0.05, 0) is 48.2 Å². The molecule has 0 radical (unpaired) electrons. The number of carbonyl (C=O) groups is 1. The zero-order valence-corrected chi connectivity index (χ0v) is 15.9. The van der Waals surface area contributed by atoms with E-state index in [0.717, 1.165) is 11.1 Å². The van der Waals surface area contributed by atoms with E-state index >= 15 is 0 Å². The Balaban J connectivity index is 2.30. The van der Waals surface area contributed by atoms with Gasteiger partial charge in [0.1, 0.15) is 0 Å². The van der Waals surface area contributed by atoms with Crippen molar-refractivity contribution in [3.05, 3.63) is 63.1 Å². The van der Waals surface area contributed by atoms with Crippen molar-refractivity contribution in [2.45, 2.75) is 25.7 Å². The van der Waals surface area contributed by atoms with E-state index in [0.29, 0.717) is 40.0 Å². The zero-order chi connectivity index (χ0) is 18.4. The van der Waals surface area contributed by atoms with Gasteiger partial charge in [0.05, 0.1) is 12.0 Å². The highest BCUT2D eigenvalue weighted by Crippen LogP contribution is 2.34. The number of carbonyl (C=O) groups excluding carboxylic acids is 1. The summed E-state index contributed by atoms with van der Waals surface area (Å²) < 4.78 is 0. The summed E-state index contributed by atoms with van der Waals surface area (Å²) in [5.41, 5.74) is 2.99. The van der Waals surface area contributed by atoms with Gasteiger partial charge >= 0.3 is 0 Å². The monoisotopic (exact) mass is 394 g/mol. The first-order valence-corrected chi connectivity index (χ1v) is 9.06. The van der Waals surface area contributed by atoms with Gasteiger partial charge in [-0.3, -0.25) is 4.79 Å². The number of amides is 1. The van der Waals surface area contributed by atoms with Crippen LogP contribution >= 0.6 is 34.8 Å². The summed E-state index contributed by atoms with van der Waals surface area (Å²) in [6.07, 6.45) is 0.971. The van der Waals surface area contributed by atoms with Crippen molar-refractivity contribution < 1.29 is 4.79 Å². The van der Waals surface area contributed by atoms with Crippen molar-refractivity contribution in [1.82, 2.24) is 0 Å². The molecule has 2 aromatic rings. The summed E-state index contributed by atoms with van der Waals surface area (Å²) >= 11 is 17.9. The van der Waals surface area contributed by atoms with E-state index in [1.54, 1.807) is 18.2 Å². The standard InChI is InChI=1S/C19H17Cl3N2O/c1-12-9-15(16(11-23)13-4-6-14(21)7-5-13)17(22)10-18(12)24-19(25)3-2-8-20/h4-7,9-10,16H,2-3,8H2,1H3,(H,24,25)/t16-/m1/s1. The Morgan fingerprint density at radius 2 is 1.92 bits per heavy atom. The predicted molar refractivity (Wildman–Crippen MR) is 104 cm³/mol. The number of nitrogens with zero attached hydrogens (tertiary/aromatic N) is 1. The van der Waals surface area contributed by atoms with Crippen LogP contribution in [0.25, 0.3) is 0 Å². The van der Waals surface area contributed by atoms with Gasteiger partial charge in [-0.25, -0.2) is 0 Å². The van der Waals surface area contributed by atoms with Crippen molar-refractivity contribution in [2.24, 2.45) is 0 Å². The third-order valence-corrected chi connectivity index (χ3v) is 4.65. The number of halogens is 3. The van der Waals surface area contributed by atoms with E-state index in [1.165, 1.54) is 0 Å². The molecule has 0 aliphatic rings. The summed E-state index contributed by atoms with van der Waals surface area (Å²) in [4.78, 5) is 11.9. The first-order valence-electron chi connectivity index (χ1n) is 7.77. The molecule has 1 atom stereocenters. The smallest absolute Gasteiger partial charge is 0.224 e. The fourth-order valence-corrected chi connectivity index (χ4v) is 3.01. The second kappa shape index (κ2) is 9.10. The van der Waals surface area contributed by atoms with Gasteiger partial charge in [0.25, 0.3) is 0 Å². The molecule has 0 unspecified atom stereocenters. The van der Waals surface area contributed by atoms with Gasteiger partial charge < -0.3 is 5.32 Å². The average molecular weight is 396 g/mol. The molecular formula is C19H17Cl3N2O. The Kier molecular flexibility index (Phi) is 7.13. The van der Waals surface area contributed by atoms with E-state index < -0.39 is 5.92 Å². The summed E-state index contributed by atoms with van der Waals surface area (Å²) in [6.45, 7) is 1.87. The minimum absolute atomic E-state index is 0.109. The van der Waals surface area contributed by atoms with Gasteiger partial charge in [-0.2, -0.15) is 5.26 Å². The Labute approximate surface area is 162 Å². The van der Waals surface area contributed by atoms with Crippen molar-refractivity contribution >= 4 is 46.4 Å². The molecule has 0 aliphatic carbocycles. The number of benzene rings is 2. The van der Waals surface area contributed by atoms with Crippen LogP contribution in [0, 0.1) is 18.3 Å². The fourth-order valence-electron chi connectivity index (χ4n) is 2.48. The highest BCUT2D eigenvalue weighted by molar-refractivity contribution is 6.32. The number of aryl methyl sites for hydroxylation is 1. The average Bonchev–Trinajstić information content (AvgIpc) is 2.59. The lowest BCUT2D eigenvalue weighted by atomic mass is 9.91. The normalized spacial score (nSPS) is 11.6. The van der Waals surface area contributed by atoms with E-state index in [2.05, 4.69) is 11.4 Å². The number of hydrogen-bond donors (Lipinski definition) is 1. The molecule has 6 heteroatoms. The SMILES string of the molecule is Cc1cc([C@H](C#N)c2ccc(Cl)cc2)c(Cl)cc1NC(=O)CCCCl. The second-order valence-electron chi connectivity index (χ2n) is 5.64. The van der Waals surface area contributed by atoms with Crippen LogP contribution in [0.2, 0.25) is 10.0 Å². The van der Waals surface area contributed by atoms with E-state index in [9.17, 15) is 10.1 Å². The topological polar surface area (TPSA) is 52.9 Å². The number of nitrogens with one attached hydrogen (secondary N) is 1. The van der Waals surface area contributed by atoms with Crippen LogP contribution < -0.4 is 5.32 Å². The molecule has 0 saturated carbocycles. The summed E-state index contributed by atoms with van der Waals surface area (Å²) in [7, 11) is 0. The van der Waals surface area contributed by atoms with Crippen LogP contribution in [0.3, 0.4) is 0 Å². The summed E-state index contributed by atoms with van der Waals surface area (Å²) in [6, 6.07) is 12.9. The molecule has 0 heterocycles. The van der Waals surface area contributed by atoms with Gasteiger partial charge in [0, 0.05) is 28.0 Å². The van der Waals surface area contributed by atoms with Crippen molar-refractivity contribution in [3.63, 3.8) is 0 Å². The van der Waals surface area contributed by atoms with Crippen LogP contribution in [0.15, 0.2) is 36.4 Å². The van der Waals surface area contributed by atoms with Crippen LogP contribution in [0.5, 0.6) is 0 Å². The van der Waals surface area contributed by atoms with Crippen molar-refractivity contribution in [3.8, 4) is 6.07 Å². The Hall–Kier alpha value is -1.73. The summed E-state index contributed by atoms with van der Waals surface area (Å²) in [5.74, 6) is -0.177. The fraction of sp³-hybridized carbons (Fsp3) is 0.263. The Morgan fingerprint density at radius 3 is 2.52 bits per heavy atom. The summed E-state index contributed by atoms with van der Waals surface area (Å²) in [5, 5.41) is 13.5. The van der Waals surface area contributed by atoms with Crippen molar-refractivity contribution in [1.29, 1.82) is 5.26 Å². The molecule has 0 bridgehead atoms. The molecule has 0 saturated heterocycles. The molecule has 2 aromatic carbocycles. The van der Waals surface area contributed by atoms with Gasteiger partial charge in [-0.1, -0.05) is 41.4 Å². The molecule has 25 heavy (non-hydrogen) atoms.